The number of hydrogen-bond donors (Lipinski definition) is 0. The van der Waals surface area contributed by atoms with Crippen LogP contribution in [-0.4, -0.2) is 15.0 Å². The summed E-state index contributed by atoms with van der Waals surface area (Å²) in [4.78, 5) is 14.7. The van der Waals surface area contributed by atoms with E-state index in [9.17, 15) is 0 Å². The number of rotatable bonds is 4. The van der Waals surface area contributed by atoms with Crippen LogP contribution in [0.25, 0.3) is 78.0 Å². The van der Waals surface area contributed by atoms with Crippen LogP contribution in [0.4, 0.5) is 0 Å². The molecule has 0 saturated heterocycles. The summed E-state index contributed by atoms with van der Waals surface area (Å²) in [6.07, 6.45) is 0. The Balaban J connectivity index is 1.37. The molecule has 2 heterocycles. The molecule has 0 bridgehead atoms. The Morgan fingerprint density at radius 2 is 0.878 bits per heavy atom. The molecule has 4 heteroatoms. The number of benzene rings is 6. The van der Waals surface area contributed by atoms with Crippen LogP contribution in [0, 0.1) is 0 Å². The Hall–Kier alpha value is -5.61. The number of nitrogens with zero attached hydrogens (tertiary/aromatic N) is 3. The van der Waals surface area contributed by atoms with Gasteiger partial charge in [0, 0.05) is 32.8 Å². The number of hydrogen-bond acceptors (Lipinski definition) is 4. The highest BCUT2D eigenvalue weighted by Gasteiger charge is 2.17. The van der Waals surface area contributed by atoms with Crippen molar-refractivity contribution >= 4 is 32.7 Å². The van der Waals surface area contributed by atoms with E-state index in [4.69, 9.17) is 19.4 Å². The molecule has 2 aromatic heterocycles. The van der Waals surface area contributed by atoms with Crippen LogP contribution in [0.5, 0.6) is 0 Å². The molecule has 0 saturated carbocycles. The minimum atomic E-state index is 0.623. The second kappa shape index (κ2) is 9.54. The van der Waals surface area contributed by atoms with Gasteiger partial charge in [0.05, 0.1) is 0 Å². The third-order valence-corrected chi connectivity index (χ3v) is 7.52. The van der Waals surface area contributed by atoms with Gasteiger partial charge in [0.25, 0.3) is 0 Å². The van der Waals surface area contributed by atoms with Gasteiger partial charge in [-0.3, -0.25) is 0 Å². The molecule has 41 heavy (non-hydrogen) atoms. The van der Waals surface area contributed by atoms with E-state index >= 15 is 0 Å². The van der Waals surface area contributed by atoms with E-state index < -0.39 is 0 Å². The fourth-order valence-corrected chi connectivity index (χ4v) is 5.53. The Kier molecular flexibility index (Phi) is 5.42. The van der Waals surface area contributed by atoms with Crippen molar-refractivity contribution in [2.24, 2.45) is 0 Å². The molecule has 0 spiro atoms. The van der Waals surface area contributed by atoms with Crippen LogP contribution in [0.2, 0.25) is 0 Å². The summed E-state index contributed by atoms with van der Waals surface area (Å²) in [6, 6.07) is 47.5. The van der Waals surface area contributed by atoms with Crippen molar-refractivity contribution in [3.05, 3.63) is 140 Å². The lowest BCUT2D eigenvalue weighted by atomic mass is 9.95. The van der Waals surface area contributed by atoms with Crippen molar-refractivity contribution < 1.29 is 4.42 Å². The summed E-state index contributed by atoms with van der Waals surface area (Å²) in [5, 5.41) is 4.37. The lowest BCUT2D eigenvalue weighted by Gasteiger charge is -2.09. The van der Waals surface area contributed by atoms with Crippen LogP contribution >= 0.6 is 0 Å². The maximum absolute atomic E-state index is 6.48. The van der Waals surface area contributed by atoms with E-state index in [1.165, 1.54) is 16.5 Å². The molecule has 0 fully saturated rings. The van der Waals surface area contributed by atoms with Crippen LogP contribution in [0.3, 0.4) is 0 Å². The normalized spacial score (nSPS) is 11.4. The smallest absolute Gasteiger partial charge is 0.164 e. The Bertz CT molecular complexity index is 2130. The first-order valence-corrected chi connectivity index (χ1v) is 13.6. The molecule has 0 aliphatic carbocycles. The molecule has 0 aliphatic rings. The van der Waals surface area contributed by atoms with Crippen LogP contribution in [0.15, 0.2) is 144 Å². The van der Waals surface area contributed by atoms with Gasteiger partial charge >= 0.3 is 0 Å². The van der Waals surface area contributed by atoms with Gasteiger partial charge in [-0.25, -0.2) is 15.0 Å². The highest BCUT2D eigenvalue weighted by Crippen LogP contribution is 2.40. The molecule has 8 aromatic rings. The first kappa shape index (κ1) is 23.3. The summed E-state index contributed by atoms with van der Waals surface area (Å²) in [7, 11) is 0. The van der Waals surface area contributed by atoms with Crippen LogP contribution in [0.1, 0.15) is 0 Å². The van der Waals surface area contributed by atoms with Crippen LogP contribution in [-0.2, 0) is 0 Å². The Labute approximate surface area is 236 Å². The second-order valence-electron chi connectivity index (χ2n) is 10.1. The van der Waals surface area contributed by atoms with Crippen molar-refractivity contribution in [1.29, 1.82) is 0 Å². The van der Waals surface area contributed by atoms with Crippen molar-refractivity contribution in [3.63, 3.8) is 0 Å². The first-order chi connectivity index (χ1) is 20.3. The van der Waals surface area contributed by atoms with Crippen molar-refractivity contribution in [2.75, 3.05) is 0 Å². The van der Waals surface area contributed by atoms with Gasteiger partial charge in [0.2, 0.25) is 0 Å². The molecular weight excluding hydrogens is 502 g/mol. The van der Waals surface area contributed by atoms with E-state index in [2.05, 4.69) is 60.7 Å². The van der Waals surface area contributed by atoms with Gasteiger partial charge in [-0.2, -0.15) is 0 Å². The van der Waals surface area contributed by atoms with E-state index in [1.807, 2.05) is 78.9 Å². The summed E-state index contributed by atoms with van der Waals surface area (Å²) in [5.41, 5.74) is 6.88. The molecule has 192 valence electrons. The van der Waals surface area contributed by atoms with Gasteiger partial charge in [-0.1, -0.05) is 115 Å². The molecule has 8 rings (SSSR count). The summed E-state index contributed by atoms with van der Waals surface area (Å²) >= 11 is 0. The molecule has 4 nitrogen and oxygen atoms in total. The third kappa shape index (κ3) is 4.05. The van der Waals surface area contributed by atoms with Crippen LogP contribution < -0.4 is 0 Å². The molecular formula is C37H23N3O. The average Bonchev–Trinajstić information content (AvgIpc) is 3.43. The van der Waals surface area contributed by atoms with E-state index in [-0.39, 0.29) is 0 Å². The lowest BCUT2D eigenvalue weighted by molar-refractivity contribution is 0.672. The monoisotopic (exact) mass is 525 g/mol. The molecule has 0 amide bonds. The average molecular weight is 526 g/mol. The largest absolute Gasteiger partial charge is 0.455 e. The Morgan fingerprint density at radius 1 is 0.366 bits per heavy atom. The third-order valence-electron chi connectivity index (χ3n) is 7.52. The molecule has 0 atom stereocenters. The SMILES string of the molecule is c1ccc(-c2nc(-c3ccccc3)nc(-c3ccc4oc5c6ccccc6c(-c6ccccc6)cc5c4c3)n2)cc1. The molecule has 0 radical (unpaired) electrons. The highest BCUT2D eigenvalue weighted by atomic mass is 16.3. The zero-order chi connectivity index (χ0) is 27.2. The first-order valence-electron chi connectivity index (χ1n) is 13.6. The quantitative estimate of drug-likeness (QED) is 0.230. The maximum atomic E-state index is 6.48. The fourth-order valence-electron chi connectivity index (χ4n) is 5.53. The lowest BCUT2D eigenvalue weighted by Crippen LogP contribution is -2.00. The minimum absolute atomic E-state index is 0.623. The minimum Gasteiger partial charge on any atom is -0.455 e. The second-order valence-corrected chi connectivity index (χ2v) is 10.1. The molecule has 0 N–H and O–H groups in total. The predicted octanol–water partition coefficient (Wildman–Crippen LogP) is 9.59. The van der Waals surface area contributed by atoms with Crippen molar-refractivity contribution in [2.45, 2.75) is 0 Å². The summed E-state index contributed by atoms with van der Waals surface area (Å²) < 4.78 is 6.48. The maximum Gasteiger partial charge on any atom is 0.164 e. The van der Waals surface area contributed by atoms with Gasteiger partial charge in [-0.15, -0.1) is 0 Å². The summed E-state index contributed by atoms with van der Waals surface area (Å²) in [6.45, 7) is 0. The number of fused-ring (bicyclic) bond motifs is 5. The van der Waals surface area contributed by atoms with Gasteiger partial charge < -0.3 is 4.42 Å². The molecule has 0 aliphatic heterocycles. The highest BCUT2D eigenvalue weighted by molar-refractivity contribution is 6.19. The zero-order valence-electron chi connectivity index (χ0n) is 22.0. The van der Waals surface area contributed by atoms with Crippen molar-refractivity contribution in [3.8, 4) is 45.3 Å². The van der Waals surface area contributed by atoms with Crippen molar-refractivity contribution in [1.82, 2.24) is 15.0 Å². The topological polar surface area (TPSA) is 51.8 Å². The Morgan fingerprint density at radius 3 is 1.49 bits per heavy atom. The number of aromatic nitrogens is 3. The van der Waals surface area contributed by atoms with E-state index in [0.29, 0.717) is 17.5 Å². The number of furan rings is 1. The van der Waals surface area contributed by atoms with Gasteiger partial charge in [-0.05, 0) is 40.8 Å². The predicted molar refractivity (Wildman–Crippen MR) is 166 cm³/mol. The summed E-state index contributed by atoms with van der Waals surface area (Å²) in [5.74, 6) is 1.91. The van der Waals surface area contributed by atoms with E-state index in [1.54, 1.807) is 0 Å². The molecule has 0 unspecified atom stereocenters. The van der Waals surface area contributed by atoms with Gasteiger partial charge in [0.1, 0.15) is 11.2 Å². The van der Waals surface area contributed by atoms with Gasteiger partial charge in [0.15, 0.2) is 17.5 Å². The zero-order valence-corrected chi connectivity index (χ0v) is 22.0. The standard InChI is InChI=1S/C37H23N3O/c1-4-12-24(13-5-1)30-23-32-31-22-27(20-21-33(31)41-34(32)29-19-11-10-18-28(29)30)37-39-35(25-14-6-2-7-15-25)38-36(40-37)26-16-8-3-9-17-26/h1-23H. The fraction of sp³-hybridized carbons (Fsp3) is 0. The van der Waals surface area contributed by atoms with E-state index in [0.717, 1.165) is 44.0 Å². The molecule has 6 aromatic carbocycles.